The Bertz CT molecular complexity index is 590. The van der Waals surface area contributed by atoms with Crippen LogP contribution < -0.4 is 0 Å². The molecule has 0 aromatic carbocycles. The summed E-state index contributed by atoms with van der Waals surface area (Å²) in [6, 6.07) is 6.12. The summed E-state index contributed by atoms with van der Waals surface area (Å²) < 4.78 is 0. The highest BCUT2D eigenvalue weighted by atomic mass is 16.2. The van der Waals surface area contributed by atoms with Gasteiger partial charge in [-0.1, -0.05) is 31.9 Å². The lowest BCUT2D eigenvalue weighted by molar-refractivity contribution is -0.149. The number of pyridine rings is 1. The Kier molecular flexibility index (Phi) is 5.28. The summed E-state index contributed by atoms with van der Waals surface area (Å²) in [5, 5.41) is 0. The van der Waals surface area contributed by atoms with Gasteiger partial charge in [-0.05, 0) is 31.1 Å². The van der Waals surface area contributed by atoms with Gasteiger partial charge in [-0.15, -0.1) is 0 Å². The molecule has 5 nitrogen and oxygen atoms in total. The van der Waals surface area contributed by atoms with Crippen molar-refractivity contribution in [2.75, 3.05) is 13.1 Å². The van der Waals surface area contributed by atoms with Gasteiger partial charge in [0.25, 0.3) is 0 Å². The van der Waals surface area contributed by atoms with Gasteiger partial charge in [-0.3, -0.25) is 14.6 Å². The largest absolute Gasteiger partial charge is 0.337 e. The summed E-state index contributed by atoms with van der Waals surface area (Å²) in [7, 11) is 0. The number of carbonyl (C=O) groups excluding carboxylic acids is 2. The van der Waals surface area contributed by atoms with Crippen molar-refractivity contribution in [3.05, 3.63) is 42.7 Å². The molecular weight excluding hydrogens is 302 g/mol. The van der Waals surface area contributed by atoms with Gasteiger partial charge in [0.15, 0.2) is 0 Å². The highest BCUT2D eigenvalue weighted by Crippen LogP contribution is 2.27. The molecule has 2 heterocycles. The molecule has 0 atom stereocenters. The minimum atomic E-state index is -0.0898. The molecule has 128 valence electrons. The molecule has 1 aromatic heterocycles. The predicted octanol–water partition coefficient (Wildman–Crippen LogP) is 2.39. The SMILES string of the molecule is C=CC(=O)N1CC(C(=O)N(Cc2ccccn2)C2CCCCC2)C1. The lowest BCUT2D eigenvalue weighted by Crippen LogP contribution is -2.57. The molecule has 5 heteroatoms. The van der Waals surface area contributed by atoms with Gasteiger partial charge in [-0.25, -0.2) is 0 Å². The van der Waals surface area contributed by atoms with Gasteiger partial charge in [0.2, 0.25) is 11.8 Å². The molecule has 1 saturated heterocycles. The third kappa shape index (κ3) is 3.66. The molecule has 2 aliphatic rings. The zero-order valence-electron chi connectivity index (χ0n) is 14.1. The third-order valence-electron chi connectivity index (χ3n) is 5.07. The number of nitrogens with zero attached hydrogens (tertiary/aromatic N) is 3. The van der Waals surface area contributed by atoms with Crippen molar-refractivity contribution >= 4 is 11.8 Å². The lowest BCUT2D eigenvalue weighted by atomic mass is 9.91. The molecule has 1 aliphatic heterocycles. The molecule has 2 fully saturated rings. The van der Waals surface area contributed by atoms with E-state index in [9.17, 15) is 9.59 Å². The van der Waals surface area contributed by atoms with Crippen molar-refractivity contribution < 1.29 is 9.59 Å². The maximum atomic E-state index is 13.0. The fraction of sp³-hybridized carbons (Fsp3) is 0.526. The van der Waals surface area contributed by atoms with Gasteiger partial charge in [0.05, 0.1) is 18.2 Å². The Hall–Kier alpha value is -2.17. The van der Waals surface area contributed by atoms with Crippen LogP contribution in [0.2, 0.25) is 0 Å². The topological polar surface area (TPSA) is 53.5 Å². The van der Waals surface area contributed by atoms with Crippen molar-refractivity contribution in [1.82, 2.24) is 14.8 Å². The van der Waals surface area contributed by atoms with Crippen LogP contribution >= 0.6 is 0 Å². The van der Waals surface area contributed by atoms with E-state index in [1.54, 1.807) is 11.1 Å². The molecule has 0 bridgehead atoms. The summed E-state index contributed by atoms with van der Waals surface area (Å²) in [6.45, 7) is 5.09. The van der Waals surface area contributed by atoms with Gasteiger partial charge in [0, 0.05) is 25.3 Å². The van der Waals surface area contributed by atoms with Crippen LogP contribution in [0.5, 0.6) is 0 Å². The van der Waals surface area contributed by atoms with E-state index in [4.69, 9.17) is 0 Å². The summed E-state index contributed by atoms with van der Waals surface area (Å²) in [6.07, 6.45) is 8.85. The van der Waals surface area contributed by atoms with Crippen molar-refractivity contribution in [2.24, 2.45) is 5.92 Å². The number of rotatable bonds is 5. The van der Waals surface area contributed by atoms with E-state index in [0.717, 1.165) is 18.5 Å². The molecule has 0 N–H and O–H groups in total. The quantitative estimate of drug-likeness (QED) is 0.780. The molecule has 0 radical (unpaired) electrons. The standard InChI is InChI=1S/C19H25N3O2/c1-2-18(23)21-12-15(13-21)19(24)22(17-9-4-3-5-10-17)14-16-8-6-7-11-20-16/h2,6-8,11,15,17H,1,3-5,9-10,12-14H2. The summed E-state index contributed by atoms with van der Waals surface area (Å²) in [5.41, 5.74) is 0.926. The third-order valence-corrected chi connectivity index (χ3v) is 5.07. The van der Waals surface area contributed by atoms with Crippen LogP contribution in [-0.2, 0) is 16.1 Å². The number of hydrogen-bond donors (Lipinski definition) is 0. The van der Waals surface area contributed by atoms with Crippen molar-refractivity contribution in [3.8, 4) is 0 Å². The highest BCUT2D eigenvalue weighted by Gasteiger charge is 2.39. The first-order valence-corrected chi connectivity index (χ1v) is 8.80. The average Bonchev–Trinajstić information content (AvgIpc) is 2.59. The van der Waals surface area contributed by atoms with E-state index in [-0.39, 0.29) is 17.7 Å². The van der Waals surface area contributed by atoms with E-state index >= 15 is 0 Å². The van der Waals surface area contributed by atoms with Crippen LogP contribution in [0.15, 0.2) is 37.1 Å². The van der Waals surface area contributed by atoms with Gasteiger partial charge in [-0.2, -0.15) is 0 Å². The first-order valence-electron chi connectivity index (χ1n) is 8.80. The van der Waals surface area contributed by atoms with E-state index in [1.807, 2.05) is 23.1 Å². The number of hydrogen-bond acceptors (Lipinski definition) is 3. The average molecular weight is 327 g/mol. The Labute approximate surface area is 143 Å². The van der Waals surface area contributed by atoms with Crippen LogP contribution in [-0.4, -0.2) is 45.7 Å². The Balaban J connectivity index is 1.68. The van der Waals surface area contributed by atoms with Gasteiger partial charge >= 0.3 is 0 Å². The van der Waals surface area contributed by atoms with Crippen LogP contribution in [0.25, 0.3) is 0 Å². The molecule has 0 spiro atoms. The fourth-order valence-electron chi connectivity index (χ4n) is 3.62. The monoisotopic (exact) mass is 327 g/mol. The maximum Gasteiger partial charge on any atom is 0.246 e. The Morgan fingerprint density at radius 2 is 2.00 bits per heavy atom. The molecule has 24 heavy (non-hydrogen) atoms. The Morgan fingerprint density at radius 3 is 2.62 bits per heavy atom. The van der Waals surface area contributed by atoms with Crippen molar-refractivity contribution in [2.45, 2.75) is 44.7 Å². The van der Waals surface area contributed by atoms with Gasteiger partial charge < -0.3 is 9.80 Å². The normalized spacial score (nSPS) is 18.8. The second-order valence-corrected chi connectivity index (χ2v) is 6.72. The lowest BCUT2D eigenvalue weighted by Gasteiger charge is -2.43. The van der Waals surface area contributed by atoms with Crippen LogP contribution in [0, 0.1) is 5.92 Å². The second-order valence-electron chi connectivity index (χ2n) is 6.72. The van der Waals surface area contributed by atoms with Crippen LogP contribution in [0.4, 0.5) is 0 Å². The molecule has 1 saturated carbocycles. The van der Waals surface area contributed by atoms with E-state index < -0.39 is 0 Å². The van der Waals surface area contributed by atoms with Crippen LogP contribution in [0.3, 0.4) is 0 Å². The van der Waals surface area contributed by atoms with Crippen molar-refractivity contribution in [1.29, 1.82) is 0 Å². The van der Waals surface area contributed by atoms with Crippen molar-refractivity contribution in [3.63, 3.8) is 0 Å². The molecule has 2 amide bonds. The number of likely N-dealkylation sites (tertiary alicyclic amines) is 1. The Morgan fingerprint density at radius 1 is 1.25 bits per heavy atom. The van der Waals surface area contributed by atoms with Gasteiger partial charge in [0.1, 0.15) is 0 Å². The molecule has 1 aliphatic carbocycles. The zero-order chi connectivity index (χ0) is 16.9. The molecule has 0 unspecified atom stereocenters. The minimum absolute atomic E-state index is 0.0838. The number of amides is 2. The van der Waals surface area contributed by atoms with Crippen LogP contribution in [0.1, 0.15) is 37.8 Å². The first-order chi connectivity index (χ1) is 11.7. The fourth-order valence-corrected chi connectivity index (χ4v) is 3.62. The van der Waals surface area contributed by atoms with E-state index in [2.05, 4.69) is 11.6 Å². The molecular formula is C19H25N3O2. The minimum Gasteiger partial charge on any atom is -0.337 e. The van der Waals surface area contributed by atoms with E-state index in [0.29, 0.717) is 25.7 Å². The zero-order valence-corrected chi connectivity index (χ0v) is 14.1. The smallest absolute Gasteiger partial charge is 0.246 e. The highest BCUT2D eigenvalue weighted by molar-refractivity contribution is 5.90. The van der Waals surface area contributed by atoms with E-state index in [1.165, 1.54) is 25.3 Å². The molecule has 3 rings (SSSR count). The summed E-state index contributed by atoms with van der Waals surface area (Å²) in [4.78, 5) is 32.7. The predicted molar refractivity (Wildman–Crippen MR) is 91.9 cm³/mol. The second kappa shape index (κ2) is 7.60. The first kappa shape index (κ1) is 16.7. The molecule has 1 aromatic rings. The number of aromatic nitrogens is 1. The number of carbonyl (C=O) groups is 2. The maximum absolute atomic E-state index is 13.0. The summed E-state index contributed by atoms with van der Waals surface area (Å²) in [5.74, 6) is -0.00630. The summed E-state index contributed by atoms with van der Waals surface area (Å²) >= 11 is 0.